The van der Waals surface area contributed by atoms with Gasteiger partial charge in [0.25, 0.3) is 0 Å². The number of carbonyl (C=O) groups is 3. The largest absolute Gasteiger partial charge is 0.462 e. The van der Waals surface area contributed by atoms with Gasteiger partial charge in [0.15, 0.2) is 6.10 Å². The zero-order valence-corrected chi connectivity index (χ0v) is 40.2. The van der Waals surface area contributed by atoms with Gasteiger partial charge in [-0.3, -0.25) is 14.4 Å². The van der Waals surface area contributed by atoms with Crippen molar-refractivity contribution in [1.29, 1.82) is 0 Å². The fraction of sp³-hybridized carbons (Fsp3) is 0.870. The summed E-state index contributed by atoms with van der Waals surface area (Å²) in [5.74, 6) is -0.875. The minimum Gasteiger partial charge on any atom is -0.462 e. The van der Waals surface area contributed by atoms with Crippen LogP contribution in [0.5, 0.6) is 0 Å². The Labute approximate surface area is 373 Å². The molecular weight excluding hydrogens is 745 g/mol. The van der Waals surface area contributed by atoms with Gasteiger partial charge in [-0.05, 0) is 64.2 Å². The van der Waals surface area contributed by atoms with Gasteiger partial charge in [0, 0.05) is 19.3 Å². The van der Waals surface area contributed by atoms with Gasteiger partial charge < -0.3 is 14.2 Å². The smallest absolute Gasteiger partial charge is 0.306 e. The van der Waals surface area contributed by atoms with E-state index in [4.69, 9.17) is 14.2 Å². The molecule has 0 aromatic carbocycles. The summed E-state index contributed by atoms with van der Waals surface area (Å²) in [6.07, 6.45) is 55.9. The van der Waals surface area contributed by atoms with Crippen molar-refractivity contribution < 1.29 is 28.6 Å². The topological polar surface area (TPSA) is 78.9 Å². The Balaban J connectivity index is 4.28. The maximum Gasteiger partial charge on any atom is 0.306 e. The summed E-state index contributed by atoms with van der Waals surface area (Å²) >= 11 is 0. The number of allylic oxidation sites excluding steroid dienone is 4. The Morgan fingerprint density at radius 2 is 0.567 bits per heavy atom. The number of rotatable bonds is 48. The standard InChI is InChI=1S/C54H100O6/c1-4-7-10-13-16-19-22-24-25-26-27-28-29-30-33-35-38-41-44-47-53(56)59-50-51(49-58-52(55)46-43-40-37-34-31-21-18-15-12-9-6-3)60-54(57)48-45-42-39-36-32-23-20-17-14-11-8-5-2/h15,18,26-27,51H,4-14,16-17,19-25,28-50H2,1-3H3/b18-15-,27-26-/t51-/m1/s1. The van der Waals surface area contributed by atoms with Gasteiger partial charge in [-0.25, -0.2) is 0 Å². The molecule has 0 aliphatic carbocycles. The third kappa shape index (κ3) is 46.9. The van der Waals surface area contributed by atoms with Crippen LogP contribution < -0.4 is 0 Å². The lowest BCUT2D eigenvalue weighted by Crippen LogP contribution is -2.30. The van der Waals surface area contributed by atoms with Crippen LogP contribution in [0.3, 0.4) is 0 Å². The maximum absolute atomic E-state index is 12.8. The predicted molar refractivity (Wildman–Crippen MR) is 256 cm³/mol. The molecule has 0 saturated carbocycles. The Morgan fingerprint density at radius 3 is 0.883 bits per heavy atom. The van der Waals surface area contributed by atoms with Crippen LogP contribution in [-0.2, 0) is 28.6 Å². The third-order valence-corrected chi connectivity index (χ3v) is 11.7. The normalized spacial score (nSPS) is 12.1. The molecule has 0 saturated heterocycles. The molecule has 6 heteroatoms. The first-order valence-corrected chi connectivity index (χ1v) is 26.3. The van der Waals surface area contributed by atoms with Crippen LogP contribution in [0.15, 0.2) is 24.3 Å². The molecular formula is C54H100O6. The summed E-state index contributed by atoms with van der Waals surface area (Å²) in [7, 11) is 0. The molecule has 0 aromatic rings. The number of hydrogen-bond acceptors (Lipinski definition) is 6. The summed E-state index contributed by atoms with van der Waals surface area (Å²) in [4.78, 5) is 37.9. The number of ether oxygens (including phenoxy) is 3. The van der Waals surface area contributed by atoms with Crippen LogP contribution in [0.25, 0.3) is 0 Å². The van der Waals surface area contributed by atoms with Gasteiger partial charge in [-0.15, -0.1) is 0 Å². The lowest BCUT2D eigenvalue weighted by molar-refractivity contribution is -0.167. The maximum atomic E-state index is 12.8. The molecule has 0 bridgehead atoms. The van der Waals surface area contributed by atoms with Crippen LogP contribution in [0.4, 0.5) is 0 Å². The Kier molecular flexibility index (Phi) is 47.8. The summed E-state index contributed by atoms with van der Waals surface area (Å²) in [6, 6.07) is 0. The molecule has 0 rings (SSSR count). The molecule has 60 heavy (non-hydrogen) atoms. The van der Waals surface area contributed by atoms with Crippen LogP contribution in [0.2, 0.25) is 0 Å². The van der Waals surface area contributed by atoms with Crippen LogP contribution in [0, 0.1) is 0 Å². The average molecular weight is 845 g/mol. The van der Waals surface area contributed by atoms with E-state index in [2.05, 4.69) is 45.1 Å². The second-order valence-electron chi connectivity index (χ2n) is 17.8. The van der Waals surface area contributed by atoms with E-state index < -0.39 is 6.10 Å². The number of unbranched alkanes of at least 4 members (excludes halogenated alkanes) is 33. The van der Waals surface area contributed by atoms with Crippen molar-refractivity contribution in [2.75, 3.05) is 13.2 Å². The van der Waals surface area contributed by atoms with E-state index in [1.165, 1.54) is 180 Å². The molecule has 0 fully saturated rings. The molecule has 0 unspecified atom stereocenters. The quantitative estimate of drug-likeness (QED) is 0.0263. The highest BCUT2D eigenvalue weighted by Crippen LogP contribution is 2.16. The fourth-order valence-electron chi connectivity index (χ4n) is 7.65. The first-order valence-electron chi connectivity index (χ1n) is 26.3. The van der Waals surface area contributed by atoms with Crippen molar-refractivity contribution in [3.63, 3.8) is 0 Å². The monoisotopic (exact) mass is 845 g/mol. The Hall–Kier alpha value is -2.11. The van der Waals surface area contributed by atoms with Crippen molar-refractivity contribution in [2.45, 2.75) is 290 Å². The number of hydrogen-bond donors (Lipinski definition) is 0. The lowest BCUT2D eigenvalue weighted by Gasteiger charge is -2.18. The average Bonchev–Trinajstić information content (AvgIpc) is 3.24. The van der Waals surface area contributed by atoms with Gasteiger partial charge in [0.1, 0.15) is 13.2 Å². The molecule has 352 valence electrons. The third-order valence-electron chi connectivity index (χ3n) is 11.7. The SMILES string of the molecule is CCCC/C=C\CCCCCCCC(=O)OC[C@H](COC(=O)CCCCCCCCC/C=C\CCCCCCCCCC)OC(=O)CCCCCCCCCCCCCC. The zero-order valence-electron chi connectivity index (χ0n) is 40.2. The van der Waals surface area contributed by atoms with Crippen molar-refractivity contribution in [2.24, 2.45) is 0 Å². The van der Waals surface area contributed by atoms with Gasteiger partial charge in [0.05, 0.1) is 0 Å². The van der Waals surface area contributed by atoms with Crippen molar-refractivity contribution >= 4 is 17.9 Å². The first-order chi connectivity index (χ1) is 29.5. The van der Waals surface area contributed by atoms with Crippen molar-refractivity contribution in [3.8, 4) is 0 Å². The minimum absolute atomic E-state index is 0.0727. The molecule has 0 aromatic heterocycles. The number of esters is 3. The molecule has 0 aliphatic heterocycles. The fourth-order valence-corrected chi connectivity index (χ4v) is 7.65. The summed E-state index contributed by atoms with van der Waals surface area (Å²) in [5.41, 5.74) is 0. The highest BCUT2D eigenvalue weighted by atomic mass is 16.6. The van der Waals surface area contributed by atoms with Gasteiger partial charge in [-0.1, -0.05) is 225 Å². The first kappa shape index (κ1) is 57.9. The highest BCUT2D eigenvalue weighted by Gasteiger charge is 2.19. The van der Waals surface area contributed by atoms with Gasteiger partial charge >= 0.3 is 17.9 Å². The molecule has 0 spiro atoms. The van der Waals surface area contributed by atoms with Crippen LogP contribution in [-0.4, -0.2) is 37.2 Å². The molecule has 1 atom stereocenters. The predicted octanol–water partition coefficient (Wildman–Crippen LogP) is 17.2. The summed E-state index contributed by atoms with van der Waals surface area (Å²) < 4.78 is 16.8. The van der Waals surface area contributed by atoms with Gasteiger partial charge in [0.2, 0.25) is 0 Å². The van der Waals surface area contributed by atoms with Crippen molar-refractivity contribution in [3.05, 3.63) is 24.3 Å². The number of carbonyl (C=O) groups excluding carboxylic acids is 3. The van der Waals surface area contributed by atoms with E-state index in [-0.39, 0.29) is 31.1 Å². The van der Waals surface area contributed by atoms with E-state index in [1.54, 1.807) is 0 Å². The van der Waals surface area contributed by atoms with E-state index in [9.17, 15) is 14.4 Å². The highest BCUT2D eigenvalue weighted by molar-refractivity contribution is 5.71. The molecule has 0 heterocycles. The molecule has 6 nitrogen and oxygen atoms in total. The molecule has 0 radical (unpaired) electrons. The molecule has 0 N–H and O–H groups in total. The lowest BCUT2D eigenvalue weighted by atomic mass is 10.0. The Bertz CT molecular complexity index is 973. The molecule has 0 aliphatic rings. The summed E-state index contributed by atoms with van der Waals surface area (Å²) in [5, 5.41) is 0. The molecule has 0 amide bonds. The van der Waals surface area contributed by atoms with Crippen molar-refractivity contribution in [1.82, 2.24) is 0 Å². The van der Waals surface area contributed by atoms with Crippen LogP contribution >= 0.6 is 0 Å². The van der Waals surface area contributed by atoms with E-state index in [0.717, 1.165) is 64.2 Å². The van der Waals surface area contributed by atoms with E-state index in [0.29, 0.717) is 19.3 Å². The minimum atomic E-state index is -0.770. The van der Waals surface area contributed by atoms with Gasteiger partial charge in [-0.2, -0.15) is 0 Å². The second-order valence-corrected chi connectivity index (χ2v) is 17.8. The van der Waals surface area contributed by atoms with E-state index in [1.807, 2.05) is 0 Å². The zero-order chi connectivity index (χ0) is 43.7. The van der Waals surface area contributed by atoms with Crippen LogP contribution in [0.1, 0.15) is 284 Å². The summed E-state index contributed by atoms with van der Waals surface area (Å²) in [6.45, 7) is 6.61. The second kappa shape index (κ2) is 49.5. The Morgan fingerprint density at radius 1 is 0.317 bits per heavy atom. The van der Waals surface area contributed by atoms with E-state index >= 15 is 0 Å².